The van der Waals surface area contributed by atoms with Crippen LogP contribution >= 0.6 is 0 Å². The van der Waals surface area contributed by atoms with Crippen LogP contribution in [0, 0.1) is 0 Å². The number of nitrogens with zero attached hydrogens (tertiary/aromatic N) is 1. The summed E-state index contributed by atoms with van der Waals surface area (Å²) in [4.78, 5) is 6.13. The number of aromatic amines is 1. The Labute approximate surface area is 31.3 Å². The van der Waals surface area contributed by atoms with E-state index < -0.39 is 0 Å². The molecule has 5 heavy (non-hydrogen) atoms. The van der Waals surface area contributed by atoms with Crippen molar-refractivity contribution in [2.45, 2.75) is 0 Å². The molecule has 0 aliphatic heterocycles. The van der Waals surface area contributed by atoms with E-state index in [1.807, 2.05) is 0 Å². The van der Waals surface area contributed by atoms with Crippen LogP contribution in [0.4, 0.5) is 0 Å². The highest BCUT2D eigenvalue weighted by atomic mass is 14.8. The first-order chi connectivity index (χ1) is 2.89. The van der Waals surface area contributed by atoms with Gasteiger partial charge in [-0.25, -0.2) is 4.98 Å². The molecule has 0 saturated carbocycles. The first-order valence-electron chi connectivity index (χ1n) is 1.84. The van der Waals surface area contributed by atoms with Gasteiger partial charge in [0.2, 0.25) is 0 Å². The Morgan fingerprint density at radius 3 is 3.20 bits per heavy atom. The number of hydrogen-bond acceptors (Lipinski definition) is 1. The fourth-order valence-corrected chi connectivity index (χ4v) is 0.186. The number of aromatic nitrogens is 2. The van der Waals surface area contributed by atoms with Gasteiger partial charge in [0.05, 0.1) is 7.70 Å². The Morgan fingerprint density at radius 1 is 2.00 bits per heavy atom. The maximum atomic E-state index is 6.76. The summed E-state index contributed by atoms with van der Waals surface area (Å²) in [6.45, 7) is 0. The normalized spacial score (nSPS) is 10.8. The average molecular weight is 69.1 g/mol. The highest BCUT2D eigenvalue weighted by molar-refractivity contribution is 4.64. The molecule has 0 atom stereocenters. The number of H-pyrrole nitrogens is 1. The summed E-state index contributed by atoms with van der Waals surface area (Å²) in [6, 6.07) is 0. The van der Waals surface area contributed by atoms with Crippen LogP contribution < -0.4 is 0 Å². The molecule has 0 aliphatic rings. The average Bonchev–Trinajstić information content (AvgIpc) is 1.86. The van der Waals surface area contributed by atoms with Crippen LogP contribution in [0.2, 0.25) is 0 Å². The van der Waals surface area contributed by atoms with Crippen LogP contribution in [0.1, 0.15) is 1.37 Å². The molecule has 1 N–H and O–H groups in total. The van der Waals surface area contributed by atoms with Gasteiger partial charge >= 0.3 is 0 Å². The lowest BCUT2D eigenvalue weighted by Gasteiger charge is -1.46. The van der Waals surface area contributed by atoms with Gasteiger partial charge in [0, 0.05) is 12.4 Å². The van der Waals surface area contributed by atoms with E-state index in [4.69, 9.17) is 1.37 Å². The summed E-state index contributed by atoms with van der Waals surface area (Å²) in [6.07, 6.45) is 3.28. The molecule has 0 amide bonds. The zero-order valence-electron chi connectivity index (χ0n) is 3.60. The van der Waals surface area contributed by atoms with Crippen molar-refractivity contribution in [3.8, 4) is 0 Å². The number of nitrogens with one attached hydrogen (secondary N) is 1. The molecule has 0 radical (unpaired) electrons. The van der Waals surface area contributed by atoms with Gasteiger partial charge in [0.25, 0.3) is 0 Å². The Balaban J connectivity index is 3.05. The van der Waals surface area contributed by atoms with Gasteiger partial charge < -0.3 is 4.98 Å². The van der Waals surface area contributed by atoms with Crippen molar-refractivity contribution in [2.24, 2.45) is 0 Å². The minimum atomic E-state index is 0.356. The van der Waals surface area contributed by atoms with E-state index in [0.29, 0.717) is 6.17 Å². The molecule has 0 unspecified atom stereocenters. The molecule has 0 saturated heterocycles. The third-order valence-electron chi connectivity index (χ3n) is 0.362. The molecule has 0 spiro atoms. The second-order valence-corrected chi connectivity index (χ2v) is 0.696. The quantitative estimate of drug-likeness (QED) is 0.469. The van der Waals surface area contributed by atoms with E-state index in [9.17, 15) is 0 Å². The molecule has 2 nitrogen and oxygen atoms in total. The predicted octanol–water partition coefficient (Wildman–Crippen LogP) is 0.410. The second kappa shape index (κ2) is 0.885. The molecule has 0 aromatic carbocycles. The van der Waals surface area contributed by atoms with Gasteiger partial charge in [-0.05, 0) is 0 Å². The minimum Gasteiger partial charge on any atom is -0.351 e. The molecule has 0 bridgehead atoms. The summed E-state index contributed by atoms with van der Waals surface area (Å²) < 4.78 is 6.76. The number of rotatable bonds is 0. The minimum absolute atomic E-state index is 0.356. The lowest BCUT2D eigenvalue weighted by molar-refractivity contribution is 1.31. The lowest BCUT2D eigenvalue weighted by atomic mass is 11.0. The maximum absolute atomic E-state index is 6.76. The number of hydrogen-bond donors (Lipinski definition) is 1. The maximum Gasteiger partial charge on any atom is 0.0919 e. The highest BCUT2D eigenvalue weighted by Gasteiger charge is 1.56. The summed E-state index contributed by atoms with van der Waals surface area (Å²) in [5.41, 5.74) is 0. The summed E-state index contributed by atoms with van der Waals surface area (Å²) in [5, 5.41) is 0. The lowest BCUT2D eigenvalue weighted by Crippen LogP contribution is -1.44. The van der Waals surface area contributed by atoms with Crippen LogP contribution in [-0.4, -0.2) is 9.97 Å². The van der Waals surface area contributed by atoms with Crippen molar-refractivity contribution in [1.29, 1.82) is 0 Å². The van der Waals surface area contributed by atoms with Crippen molar-refractivity contribution in [3.63, 3.8) is 0 Å². The molecule has 1 aromatic rings. The van der Waals surface area contributed by atoms with E-state index in [1.165, 1.54) is 12.5 Å². The van der Waals surface area contributed by atoms with E-state index in [1.54, 1.807) is 0 Å². The molecule has 0 aliphatic carbocycles. The topological polar surface area (TPSA) is 28.7 Å². The zero-order valence-corrected chi connectivity index (χ0v) is 2.60. The van der Waals surface area contributed by atoms with E-state index in [0.717, 1.165) is 0 Å². The van der Waals surface area contributed by atoms with Crippen molar-refractivity contribution >= 4 is 0 Å². The van der Waals surface area contributed by atoms with Crippen LogP contribution in [0.3, 0.4) is 0 Å². The van der Waals surface area contributed by atoms with Gasteiger partial charge in [-0.3, -0.25) is 0 Å². The van der Waals surface area contributed by atoms with Gasteiger partial charge in [-0.1, -0.05) is 0 Å². The first kappa shape index (κ1) is 1.60. The molecule has 1 rings (SSSR count). The number of imidazole rings is 1. The van der Waals surface area contributed by atoms with Crippen molar-refractivity contribution in [1.82, 2.24) is 9.97 Å². The molecule has 1 aromatic heterocycles. The fourth-order valence-electron chi connectivity index (χ4n) is 0.186. The van der Waals surface area contributed by atoms with Crippen LogP contribution in [-0.2, 0) is 0 Å². The Hall–Kier alpha value is -0.790. The van der Waals surface area contributed by atoms with Crippen LogP contribution in [0.5, 0.6) is 0 Å². The van der Waals surface area contributed by atoms with Gasteiger partial charge in [0.15, 0.2) is 0 Å². The third-order valence-corrected chi connectivity index (χ3v) is 0.362. The van der Waals surface area contributed by atoms with E-state index >= 15 is 0 Å². The summed E-state index contributed by atoms with van der Waals surface area (Å²) in [5.74, 6) is 0. The largest absolute Gasteiger partial charge is 0.351 e. The molecule has 26 valence electrons. The van der Waals surface area contributed by atoms with Gasteiger partial charge in [-0.2, -0.15) is 0 Å². The van der Waals surface area contributed by atoms with E-state index in [-0.39, 0.29) is 0 Å². The molecule has 0 fully saturated rings. The zero-order chi connectivity index (χ0) is 4.41. The summed E-state index contributed by atoms with van der Waals surface area (Å²) >= 11 is 0. The van der Waals surface area contributed by atoms with Crippen molar-refractivity contribution < 1.29 is 1.37 Å². The van der Waals surface area contributed by atoms with E-state index in [2.05, 4.69) is 9.97 Å². The molecular formula is C3H4N2. The van der Waals surface area contributed by atoms with Crippen molar-refractivity contribution in [2.75, 3.05) is 0 Å². The Morgan fingerprint density at radius 2 is 3.00 bits per heavy atom. The molecule has 1 heterocycles. The highest BCUT2D eigenvalue weighted by Crippen LogP contribution is 1.62. The van der Waals surface area contributed by atoms with Crippen LogP contribution in [0.25, 0.3) is 0 Å². The molecule has 2 heteroatoms. The predicted molar refractivity (Wildman–Crippen MR) is 18.6 cm³/mol. The SMILES string of the molecule is [2H]c1cnc[nH]1. The Kier molecular flexibility index (Phi) is 0.283. The summed E-state index contributed by atoms with van der Waals surface area (Å²) in [7, 11) is 0. The van der Waals surface area contributed by atoms with Gasteiger partial charge in [0.1, 0.15) is 0 Å². The van der Waals surface area contributed by atoms with Crippen LogP contribution in [0.15, 0.2) is 18.7 Å². The first-order valence-corrected chi connectivity index (χ1v) is 1.34. The molecular weight excluding hydrogens is 64.0 g/mol. The Bertz CT molecular complexity index is 112. The van der Waals surface area contributed by atoms with Crippen molar-refractivity contribution in [3.05, 3.63) is 18.7 Å². The standard InChI is InChI=1S/C3H4N2/c1-2-5-3-4-1/h1-3H,(H,4,5)/i1D. The second-order valence-electron chi connectivity index (χ2n) is 0.696. The smallest absolute Gasteiger partial charge is 0.0919 e. The monoisotopic (exact) mass is 69.0 g/mol. The fraction of sp³-hybridized carbons (Fsp3) is 0. The third kappa shape index (κ3) is 0.265. The van der Waals surface area contributed by atoms with Gasteiger partial charge in [-0.15, -0.1) is 0 Å².